The number of anilines is 1. The van der Waals surface area contributed by atoms with Crippen LogP contribution in [0, 0.1) is 17.3 Å². The van der Waals surface area contributed by atoms with Crippen molar-refractivity contribution in [2.45, 2.75) is 51.4 Å². The van der Waals surface area contributed by atoms with Crippen LogP contribution < -0.4 is 4.72 Å². The van der Waals surface area contributed by atoms with Crippen molar-refractivity contribution in [2.75, 3.05) is 4.72 Å². The smallest absolute Gasteiger partial charge is 0.299 e. The Bertz CT molecular complexity index is 803. The average molecular weight is 349 g/mol. The molecule has 4 rings (SSSR count). The molecule has 130 valence electrons. The van der Waals surface area contributed by atoms with Crippen LogP contribution in [0.4, 0.5) is 5.69 Å². The summed E-state index contributed by atoms with van der Waals surface area (Å²) in [7, 11) is -4.24. The van der Waals surface area contributed by atoms with E-state index in [1.807, 2.05) is 12.1 Å². The van der Waals surface area contributed by atoms with E-state index in [9.17, 15) is 13.2 Å². The molecule has 2 saturated carbocycles. The van der Waals surface area contributed by atoms with E-state index in [0.717, 1.165) is 44.1 Å². The third-order valence-corrected chi connectivity index (χ3v) is 7.18. The number of nitrogens with one attached hydrogen (secondary N) is 1. The van der Waals surface area contributed by atoms with Gasteiger partial charge in [0.1, 0.15) is 5.78 Å². The van der Waals surface area contributed by atoms with Crippen LogP contribution in [0.15, 0.2) is 18.2 Å². The maximum absolute atomic E-state index is 12.3. The number of benzene rings is 1. The van der Waals surface area contributed by atoms with Gasteiger partial charge in [-0.25, -0.2) is 0 Å². The fraction of sp³-hybridized carbons (Fsp3) is 0.611. The molecule has 5 nitrogen and oxygen atoms in total. The van der Waals surface area contributed by atoms with Crippen molar-refractivity contribution in [3.8, 4) is 0 Å². The number of Topliss-reactive ketones (excluding diaryl/α,β-unsaturated/α-hetero) is 1. The van der Waals surface area contributed by atoms with Gasteiger partial charge >= 0.3 is 10.3 Å². The molecule has 1 aromatic carbocycles. The number of ketones is 1. The Labute approximate surface area is 142 Å². The topological polar surface area (TPSA) is 83.5 Å². The number of carbonyl (C=O) groups excluding carboxylic acids is 1. The quantitative estimate of drug-likeness (QED) is 0.802. The first-order valence-electron chi connectivity index (χ1n) is 8.69. The molecule has 6 heteroatoms. The zero-order valence-electron chi connectivity index (χ0n) is 13.8. The third-order valence-electron chi connectivity index (χ3n) is 6.68. The lowest BCUT2D eigenvalue weighted by Crippen LogP contribution is -2.42. The van der Waals surface area contributed by atoms with Gasteiger partial charge in [0.05, 0.1) is 5.69 Å². The molecule has 3 unspecified atom stereocenters. The maximum atomic E-state index is 12.3. The molecule has 0 radical (unpaired) electrons. The molecular formula is C18H23NO4S. The summed E-state index contributed by atoms with van der Waals surface area (Å²) >= 11 is 0. The summed E-state index contributed by atoms with van der Waals surface area (Å²) in [6.45, 7) is 2.16. The van der Waals surface area contributed by atoms with Gasteiger partial charge in [0.15, 0.2) is 0 Å². The second kappa shape index (κ2) is 5.30. The van der Waals surface area contributed by atoms with Gasteiger partial charge in [-0.2, -0.15) is 8.42 Å². The molecule has 0 amide bonds. The first-order chi connectivity index (χ1) is 11.3. The van der Waals surface area contributed by atoms with Gasteiger partial charge in [0.25, 0.3) is 0 Å². The van der Waals surface area contributed by atoms with E-state index < -0.39 is 10.3 Å². The molecule has 0 saturated heterocycles. The van der Waals surface area contributed by atoms with E-state index in [1.54, 1.807) is 6.07 Å². The molecule has 24 heavy (non-hydrogen) atoms. The Morgan fingerprint density at radius 1 is 1.21 bits per heavy atom. The average Bonchev–Trinajstić information content (AvgIpc) is 2.81. The molecule has 0 bridgehead atoms. The normalized spacial score (nSPS) is 35.1. The molecule has 0 spiro atoms. The predicted octanol–water partition coefficient (Wildman–Crippen LogP) is 3.33. The van der Waals surface area contributed by atoms with Crippen molar-refractivity contribution in [1.82, 2.24) is 0 Å². The van der Waals surface area contributed by atoms with Gasteiger partial charge in [-0.3, -0.25) is 14.1 Å². The molecule has 3 aliphatic carbocycles. The summed E-state index contributed by atoms with van der Waals surface area (Å²) in [6, 6.07) is 5.56. The summed E-state index contributed by atoms with van der Waals surface area (Å²) in [5, 5.41) is 0. The van der Waals surface area contributed by atoms with Crippen LogP contribution in [0.5, 0.6) is 0 Å². The van der Waals surface area contributed by atoms with Crippen molar-refractivity contribution in [3.05, 3.63) is 29.3 Å². The van der Waals surface area contributed by atoms with Crippen LogP contribution in [0.25, 0.3) is 0 Å². The van der Waals surface area contributed by atoms with E-state index in [4.69, 9.17) is 4.55 Å². The largest absolute Gasteiger partial charge is 0.357 e. The first-order valence-corrected chi connectivity index (χ1v) is 10.1. The first kappa shape index (κ1) is 16.1. The summed E-state index contributed by atoms with van der Waals surface area (Å²) in [5.41, 5.74) is 2.75. The third kappa shape index (κ3) is 2.47. The van der Waals surface area contributed by atoms with Gasteiger partial charge < -0.3 is 0 Å². The number of hydrogen-bond donors (Lipinski definition) is 2. The molecule has 2 N–H and O–H groups in total. The Balaban J connectivity index is 1.65. The lowest BCUT2D eigenvalue weighted by Gasteiger charge is -2.48. The van der Waals surface area contributed by atoms with E-state index in [0.29, 0.717) is 29.2 Å². The van der Waals surface area contributed by atoms with E-state index in [2.05, 4.69) is 11.6 Å². The highest BCUT2D eigenvalue weighted by Crippen LogP contribution is 2.59. The summed E-state index contributed by atoms with van der Waals surface area (Å²) in [4.78, 5) is 12.3. The molecule has 0 aromatic heterocycles. The van der Waals surface area contributed by atoms with Crippen molar-refractivity contribution >= 4 is 21.8 Å². The van der Waals surface area contributed by atoms with Gasteiger partial charge in [-0.05, 0) is 73.1 Å². The molecule has 2 fully saturated rings. The fourth-order valence-electron chi connectivity index (χ4n) is 5.57. The van der Waals surface area contributed by atoms with Crippen LogP contribution in [0.1, 0.15) is 56.1 Å². The van der Waals surface area contributed by atoms with E-state index >= 15 is 0 Å². The number of aryl methyl sites for hydroxylation is 1. The van der Waals surface area contributed by atoms with Crippen molar-refractivity contribution in [1.29, 1.82) is 0 Å². The molecular weight excluding hydrogens is 326 g/mol. The van der Waals surface area contributed by atoms with Crippen LogP contribution in [-0.4, -0.2) is 18.8 Å². The van der Waals surface area contributed by atoms with Gasteiger partial charge in [-0.1, -0.05) is 13.0 Å². The lowest BCUT2D eigenvalue weighted by atomic mass is 9.55. The second-order valence-corrected chi connectivity index (χ2v) is 8.98. The van der Waals surface area contributed by atoms with Crippen LogP contribution in [0.2, 0.25) is 0 Å². The Morgan fingerprint density at radius 3 is 2.75 bits per heavy atom. The number of fused-ring (bicyclic) bond motifs is 5. The second-order valence-electron chi connectivity index (χ2n) is 7.82. The van der Waals surface area contributed by atoms with Crippen molar-refractivity contribution in [2.24, 2.45) is 17.3 Å². The van der Waals surface area contributed by atoms with Crippen LogP contribution >= 0.6 is 0 Å². The minimum absolute atomic E-state index is 0.120. The van der Waals surface area contributed by atoms with Gasteiger partial charge in [0, 0.05) is 11.8 Å². The summed E-state index contributed by atoms with van der Waals surface area (Å²) in [5.74, 6) is 1.97. The highest BCUT2D eigenvalue weighted by atomic mass is 32.2. The minimum atomic E-state index is -4.24. The maximum Gasteiger partial charge on any atom is 0.357 e. The zero-order chi connectivity index (χ0) is 17.1. The lowest BCUT2D eigenvalue weighted by molar-refractivity contribution is -0.129. The predicted molar refractivity (Wildman–Crippen MR) is 91.2 cm³/mol. The number of rotatable bonds is 2. The standard InChI is InChI=1S/C18H23NO4S/c1-18-9-8-14-13-5-3-12(19-24(21,22)23)10-11(13)2-4-15(14)16(18)6-7-17(18)20/h3,5,10,14-16,19H,2,4,6-9H2,1H3,(H,21,22,23)/t14?,15?,16?,18-/m0/s1. The van der Waals surface area contributed by atoms with Crippen molar-refractivity contribution < 1.29 is 17.8 Å². The van der Waals surface area contributed by atoms with Crippen LogP contribution in [-0.2, 0) is 21.5 Å². The molecule has 0 heterocycles. The van der Waals surface area contributed by atoms with Crippen molar-refractivity contribution in [3.63, 3.8) is 0 Å². The Morgan fingerprint density at radius 2 is 2.00 bits per heavy atom. The molecule has 0 aliphatic heterocycles. The fourth-order valence-corrected chi connectivity index (χ4v) is 5.99. The molecule has 1 aromatic rings. The number of carbonyl (C=O) groups is 1. The Hall–Kier alpha value is -1.40. The van der Waals surface area contributed by atoms with Gasteiger partial charge in [0.2, 0.25) is 0 Å². The van der Waals surface area contributed by atoms with E-state index in [1.165, 1.54) is 5.56 Å². The molecule has 4 atom stereocenters. The zero-order valence-corrected chi connectivity index (χ0v) is 14.6. The molecule has 3 aliphatic rings. The number of hydrogen-bond acceptors (Lipinski definition) is 3. The summed E-state index contributed by atoms with van der Waals surface area (Å²) < 4.78 is 33.1. The highest BCUT2D eigenvalue weighted by molar-refractivity contribution is 7.87. The monoisotopic (exact) mass is 349 g/mol. The Kier molecular flexibility index (Phi) is 3.55. The van der Waals surface area contributed by atoms with E-state index in [-0.39, 0.29) is 5.41 Å². The van der Waals surface area contributed by atoms with Crippen LogP contribution in [0.3, 0.4) is 0 Å². The van der Waals surface area contributed by atoms with Gasteiger partial charge in [-0.15, -0.1) is 0 Å². The highest BCUT2D eigenvalue weighted by Gasteiger charge is 2.54. The summed E-state index contributed by atoms with van der Waals surface area (Å²) in [6.07, 6.45) is 5.70. The SMILES string of the molecule is C[C@]12CCC3c4ccc(NS(=O)(=O)O)cc4CCC3C1CCC2=O. The minimum Gasteiger partial charge on any atom is -0.299 e.